The molecule has 1 heterocycles. The molecular formula is C12H17N3O4. The molecule has 7 heteroatoms. The van der Waals surface area contributed by atoms with E-state index >= 15 is 0 Å². The van der Waals surface area contributed by atoms with Crippen LogP contribution < -0.4 is 10.1 Å². The summed E-state index contributed by atoms with van der Waals surface area (Å²) in [6.45, 7) is 3.82. The molecule has 104 valence electrons. The van der Waals surface area contributed by atoms with Crippen molar-refractivity contribution < 1.29 is 14.8 Å². The first-order valence-electron chi connectivity index (χ1n) is 6.00. The summed E-state index contributed by atoms with van der Waals surface area (Å²) >= 11 is 0. The lowest BCUT2D eigenvalue weighted by molar-refractivity contribution is -0.384. The Morgan fingerprint density at radius 1 is 1.58 bits per heavy atom. The predicted molar refractivity (Wildman–Crippen MR) is 69.3 cm³/mol. The van der Waals surface area contributed by atoms with Gasteiger partial charge in [0.25, 0.3) is 0 Å². The maximum absolute atomic E-state index is 11.0. The number of aromatic nitrogens is 1. The van der Waals surface area contributed by atoms with E-state index < -0.39 is 11.0 Å². The van der Waals surface area contributed by atoms with Crippen LogP contribution in [-0.4, -0.2) is 34.3 Å². The summed E-state index contributed by atoms with van der Waals surface area (Å²) in [4.78, 5) is 14.5. The molecule has 1 fully saturated rings. The standard InChI is InChI=1S/C12H17N3O4/c1-12(2)8(6-9(12)16)13-11-7(15(17)18)4-5-10(14-11)19-3/h4-5,8-9,16H,6H2,1-3H3,(H,13,14). The number of nitrogens with zero attached hydrogens (tertiary/aromatic N) is 2. The van der Waals surface area contributed by atoms with Crippen LogP contribution in [0.5, 0.6) is 5.88 Å². The second-order valence-corrected chi connectivity index (χ2v) is 5.25. The first kappa shape index (κ1) is 13.5. The van der Waals surface area contributed by atoms with Gasteiger partial charge >= 0.3 is 5.69 Å². The zero-order valence-corrected chi connectivity index (χ0v) is 11.1. The number of nitrogens with one attached hydrogen (secondary N) is 1. The van der Waals surface area contributed by atoms with Gasteiger partial charge in [0.2, 0.25) is 11.7 Å². The van der Waals surface area contributed by atoms with Crippen LogP contribution in [0.15, 0.2) is 12.1 Å². The zero-order chi connectivity index (χ0) is 14.2. The van der Waals surface area contributed by atoms with Gasteiger partial charge in [0.05, 0.1) is 18.1 Å². The number of anilines is 1. The average molecular weight is 267 g/mol. The van der Waals surface area contributed by atoms with Crippen LogP contribution in [0, 0.1) is 15.5 Å². The van der Waals surface area contributed by atoms with Gasteiger partial charge in [0.15, 0.2) is 0 Å². The number of aliphatic hydroxyl groups is 1. The lowest BCUT2D eigenvalue weighted by Gasteiger charge is -2.49. The van der Waals surface area contributed by atoms with Crippen molar-refractivity contribution in [1.82, 2.24) is 4.98 Å². The average Bonchev–Trinajstić information content (AvgIpc) is 2.38. The summed E-state index contributed by atoms with van der Waals surface area (Å²) in [5.74, 6) is 0.486. The molecule has 1 aromatic heterocycles. The van der Waals surface area contributed by atoms with Crippen LogP contribution in [0.4, 0.5) is 11.5 Å². The quantitative estimate of drug-likeness (QED) is 0.634. The molecule has 2 unspecified atom stereocenters. The van der Waals surface area contributed by atoms with E-state index in [4.69, 9.17) is 4.74 Å². The molecule has 2 rings (SSSR count). The third-order valence-corrected chi connectivity index (χ3v) is 3.78. The van der Waals surface area contributed by atoms with Crippen LogP contribution >= 0.6 is 0 Å². The molecule has 0 spiro atoms. The molecule has 0 saturated heterocycles. The van der Waals surface area contributed by atoms with E-state index in [1.165, 1.54) is 19.2 Å². The Labute approximate surface area is 110 Å². The van der Waals surface area contributed by atoms with Gasteiger partial charge in [-0.3, -0.25) is 10.1 Å². The van der Waals surface area contributed by atoms with E-state index in [2.05, 4.69) is 10.3 Å². The lowest BCUT2D eigenvalue weighted by atomic mass is 9.64. The van der Waals surface area contributed by atoms with Crippen molar-refractivity contribution in [2.45, 2.75) is 32.4 Å². The van der Waals surface area contributed by atoms with Crippen molar-refractivity contribution in [3.63, 3.8) is 0 Å². The minimum absolute atomic E-state index is 0.0548. The van der Waals surface area contributed by atoms with Crippen molar-refractivity contribution in [3.05, 3.63) is 22.2 Å². The first-order chi connectivity index (χ1) is 8.86. The smallest absolute Gasteiger partial charge is 0.311 e. The fraction of sp³-hybridized carbons (Fsp3) is 0.583. The van der Waals surface area contributed by atoms with Gasteiger partial charge in [0, 0.05) is 23.6 Å². The molecule has 0 amide bonds. The normalized spacial score (nSPS) is 24.4. The number of nitro groups is 1. The van der Waals surface area contributed by atoms with Gasteiger partial charge in [-0.15, -0.1) is 0 Å². The van der Waals surface area contributed by atoms with Gasteiger partial charge in [0.1, 0.15) is 0 Å². The number of ether oxygens (including phenoxy) is 1. The maximum Gasteiger partial charge on any atom is 0.311 e. The number of aliphatic hydroxyl groups excluding tert-OH is 1. The molecule has 2 atom stereocenters. The highest BCUT2D eigenvalue weighted by Crippen LogP contribution is 2.43. The van der Waals surface area contributed by atoms with Gasteiger partial charge < -0.3 is 15.2 Å². The topological polar surface area (TPSA) is 97.5 Å². The Balaban J connectivity index is 2.26. The van der Waals surface area contributed by atoms with Crippen LogP contribution in [0.25, 0.3) is 0 Å². The number of hydrogen-bond donors (Lipinski definition) is 2. The Bertz CT molecular complexity index is 504. The van der Waals surface area contributed by atoms with E-state index in [0.29, 0.717) is 12.3 Å². The molecule has 0 bridgehead atoms. The van der Waals surface area contributed by atoms with Gasteiger partial charge in [-0.25, -0.2) is 0 Å². The van der Waals surface area contributed by atoms with E-state index in [9.17, 15) is 15.2 Å². The molecule has 0 radical (unpaired) electrons. The number of rotatable bonds is 4. The molecule has 0 aromatic carbocycles. The Morgan fingerprint density at radius 2 is 2.26 bits per heavy atom. The van der Waals surface area contributed by atoms with Gasteiger partial charge in [-0.2, -0.15) is 4.98 Å². The first-order valence-corrected chi connectivity index (χ1v) is 6.00. The van der Waals surface area contributed by atoms with E-state index in [1.807, 2.05) is 13.8 Å². The summed E-state index contributed by atoms with van der Waals surface area (Å²) in [6, 6.07) is 2.75. The monoisotopic (exact) mass is 267 g/mol. The molecular weight excluding hydrogens is 250 g/mol. The second kappa shape index (κ2) is 4.65. The Kier molecular flexibility index (Phi) is 3.32. The third kappa shape index (κ3) is 2.33. The highest BCUT2D eigenvalue weighted by atomic mass is 16.6. The Hall–Kier alpha value is -1.89. The third-order valence-electron chi connectivity index (χ3n) is 3.78. The molecule has 0 aliphatic heterocycles. The fourth-order valence-electron chi connectivity index (χ4n) is 2.11. The summed E-state index contributed by atoms with van der Waals surface area (Å²) in [5, 5.41) is 23.7. The summed E-state index contributed by atoms with van der Waals surface area (Å²) in [7, 11) is 1.45. The Morgan fingerprint density at radius 3 is 2.74 bits per heavy atom. The predicted octanol–water partition coefficient (Wildman–Crippen LogP) is 1.57. The molecule has 19 heavy (non-hydrogen) atoms. The fourth-order valence-corrected chi connectivity index (χ4v) is 2.11. The van der Waals surface area contributed by atoms with Gasteiger partial charge in [-0.05, 0) is 6.42 Å². The highest BCUT2D eigenvalue weighted by molar-refractivity contribution is 5.58. The summed E-state index contributed by atoms with van der Waals surface area (Å²) in [6.07, 6.45) is 0.137. The van der Waals surface area contributed by atoms with E-state index in [1.54, 1.807) is 0 Å². The zero-order valence-electron chi connectivity index (χ0n) is 11.1. The number of hydrogen-bond acceptors (Lipinski definition) is 6. The summed E-state index contributed by atoms with van der Waals surface area (Å²) in [5.41, 5.74) is -0.434. The molecule has 1 aliphatic carbocycles. The van der Waals surface area contributed by atoms with Crippen molar-refractivity contribution in [2.75, 3.05) is 12.4 Å². The van der Waals surface area contributed by atoms with Crippen molar-refractivity contribution in [1.29, 1.82) is 0 Å². The second-order valence-electron chi connectivity index (χ2n) is 5.25. The van der Waals surface area contributed by atoms with Crippen molar-refractivity contribution >= 4 is 11.5 Å². The SMILES string of the molecule is COc1ccc([N+](=O)[O-])c(NC2CC(O)C2(C)C)n1. The van der Waals surface area contributed by atoms with Crippen LogP contribution in [0.1, 0.15) is 20.3 Å². The van der Waals surface area contributed by atoms with E-state index in [0.717, 1.165) is 0 Å². The molecule has 1 saturated carbocycles. The highest BCUT2D eigenvalue weighted by Gasteiger charge is 2.48. The van der Waals surface area contributed by atoms with Crippen LogP contribution in [0.3, 0.4) is 0 Å². The van der Waals surface area contributed by atoms with Crippen molar-refractivity contribution in [2.24, 2.45) is 5.41 Å². The van der Waals surface area contributed by atoms with Gasteiger partial charge in [-0.1, -0.05) is 13.8 Å². The van der Waals surface area contributed by atoms with Crippen LogP contribution in [-0.2, 0) is 0 Å². The molecule has 1 aliphatic rings. The number of methoxy groups -OCH3 is 1. The number of pyridine rings is 1. The molecule has 7 nitrogen and oxygen atoms in total. The maximum atomic E-state index is 11.0. The largest absolute Gasteiger partial charge is 0.481 e. The lowest BCUT2D eigenvalue weighted by Crippen LogP contribution is -2.57. The van der Waals surface area contributed by atoms with Crippen LogP contribution in [0.2, 0.25) is 0 Å². The minimum atomic E-state index is -0.489. The summed E-state index contributed by atoms with van der Waals surface area (Å²) < 4.78 is 4.97. The molecule has 1 aromatic rings. The van der Waals surface area contributed by atoms with Crippen molar-refractivity contribution in [3.8, 4) is 5.88 Å². The molecule has 2 N–H and O–H groups in total. The van der Waals surface area contributed by atoms with E-state index in [-0.39, 0.29) is 23.0 Å². The minimum Gasteiger partial charge on any atom is -0.481 e.